The van der Waals surface area contributed by atoms with Gasteiger partial charge in [-0.25, -0.2) is 0 Å². The van der Waals surface area contributed by atoms with Crippen molar-refractivity contribution in [3.8, 4) is 5.88 Å². The number of aliphatic hydroxyl groups is 1. The summed E-state index contributed by atoms with van der Waals surface area (Å²) in [6.07, 6.45) is 5.93. The van der Waals surface area contributed by atoms with Crippen LogP contribution in [0.25, 0.3) is 21.7 Å². The van der Waals surface area contributed by atoms with Crippen LogP contribution in [0.2, 0.25) is 5.15 Å². The number of rotatable bonds is 7. The lowest BCUT2D eigenvalue weighted by Gasteiger charge is -2.45. The van der Waals surface area contributed by atoms with Crippen molar-refractivity contribution in [1.29, 1.82) is 0 Å². The Kier molecular flexibility index (Phi) is 6.12. The molecule has 7 heteroatoms. The van der Waals surface area contributed by atoms with Crippen molar-refractivity contribution >= 4 is 33.3 Å². The van der Waals surface area contributed by atoms with Crippen molar-refractivity contribution in [2.24, 2.45) is 11.8 Å². The zero-order valence-electron chi connectivity index (χ0n) is 20.2. The number of halogens is 1. The molecule has 184 valence electrons. The maximum Gasteiger partial charge on any atom is 0.242 e. The van der Waals surface area contributed by atoms with Gasteiger partial charge in [0, 0.05) is 40.0 Å². The normalized spacial score (nSPS) is 23.2. The number of fused-ring (bicyclic) bond motifs is 3. The van der Waals surface area contributed by atoms with Gasteiger partial charge in [-0.15, -0.1) is 16.8 Å². The summed E-state index contributed by atoms with van der Waals surface area (Å²) in [5.41, 5.74) is 2.73. The topological polar surface area (TPSA) is 71.4 Å². The van der Waals surface area contributed by atoms with E-state index in [1.54, 1.807) is 0 Å². The highest BCUT2D eigenvalue weighted by molar-refractivity contribution is 6.34. The van der Waals surface area contributed by atoms with E-state index >= 15 is 0 Å². The van der Waals surface area contributed by atoms with Crippen LogP contribution in [0.5, 0.6) is 5.88 Å². The number of nitrogens with zero attached hydrogens (tertiary/aromatic N) is 4. The van der Waals surface area contributed by atoms with Crippen LogP contribution in [0.4, 0.5) is 0 Å². The highest BCUT2D eigenvalue weighted by Gasteiger charge is 2.49. The Labute approximate surface area is 215 Å². The quantitative estimate of drug-likeness (QED) is 0.327. The lowest BCUT2D eigenvalue weighted by atomic mass is 9.69. The lowest BCUT2D eigenvalue weighted by molar-refractivity contribution is 0.0190. The molecule has 36 heavy (non-hydrogen) atoms. The van der Waals surface area contributed by atoms with E-state index in [0.717, 1.165) is 45.8 Å². The molecule has 5 atom stereocenters. The van der Waals surface area contributed by atoms with Gasteiger partial charge in [0.05, 0.1) is 12.1 Å². The molecule has 0 spiro atoms. The molecule has 3 heterocycles. The maximum absolute atomic E-state index is 9.81. The Morgan fingerprint density at radius 2 is 2.00 bits per heavy atom. The van der Waals surface area contributed by atoms with Crippen molar-refractivity contribution in [2.75, 3.05) is 6.54 Å². The van der Waals surface area contributed by atoms with Crippen molar-refractivity contribution in [1.82, 2.24) is 20.1 Å². The van der Waals surface area contributed by atoms with Crippen molar-refractivity contribution in [2.45, 2.75) is 44.6 Å². The number of ether oxygens (including phenoxy) is 1. The third-order valence-corrected chi connectivity index (χ3v) is 8.42. The predicted octanol–water partition coefficient (Wildman–Crippen LogP) is 5.73. The Bertz CT molecular complexity index is 1440. The van der Waals surface area contributed by atoms with Gasteiger partial charge in [0.15, 0.2) is 5.15 Å². The summed E-state index contributed by atoms with van der Waals surface area (Å²) in [4.78, 5) is 7.16. The molecule has 2 aromatic heterocycles. The van der Waals surface area contributed by atoms with Gasteiger partial charge in [0.25, 0.3) is 0 Å². The Morgan fingerprint density at radius 3 is 2.81 bits per heavy atom. The summed E-state index contributed by atoms with van der Waals surface area (Å²) in [6.45, 7) is 7.28. The molecular weight excluding hydrogens is 472 g/mol. The first-order chi connectivity index (χ1) is 17.6. The largest absolute Gasteiger partial charge is 0.466 e. The fourth-order valence-electron chi connectivity index (χ4n) is 6.16. The third kappa shape index (κ3) is 3.84. The Hall–Kier alpha value is -3.06. The highest BCUT2D eigenvalue weighted by atomic mass is 35.5. The second kappa shape index (κ2) is 9.43. The van der Waals surface area contributed by atoms with Crippen molar-refractivity contribution in [3.63, 3.8) is 0 Å². The molecule has 1 unspecified atom stereocenters. The number of likely N-dealkylation sites (tertiary alicyclic amines) is 1. The minimum Gasteiger partial charge on any atom is -0.466 e. The molecule has 6 rings (SSSR count). The number of benzene rings is 2. The molecule has 0 amide bonds. The molecule has 0 bridgehead atoms. The van der Waals surface area contributed by atoms with E-state index in [9.17, 15) is 5.11 Å². The minimum absolute atomic E-state index is 0.0303. The molecule has 1 aliphatic heterocycles. The van der Waals surface area contributed by atoms with Crippen LogP contribution in [0.15, 0.2) is 67.4 Å². The summed E-state index contributed by atoms with van der Waals surface area (Å²) in [5, 5.41) is 21.3. The smallest absolute Gasteiger partial charge is 0.242 e. The van der Waals surface area contributed by atoms with Crippen LogP contribution in [0.3, 0.4) is 0 Å². The number of aromatic nitrogens is 3. The molecule has 1 N–H and O–H groups in total. The standard InChI is InChI=1S/C29H29ClN4O2/c1-3-19-15-26-20(19)11-13-34(26)17(2)27(21-10-12-31-25-9-8-18(16-35)14-24(21)25)36-29-23-7-5-4-6-22(23)28(30)32-33-29/h3-10,12,14,17,19-20,26-27,35H,1,11,13,15-16H2,2H3/t17-,19-,20+,26?,27+/m1/s1. The number of hydrogen-bond acceptors (Lipinski definition) is 6. The van der Waals surface area contributed by atoms with E-state index in [2.05, 4.69) is 39.7 Å². The molecule has 1 aliphatic carbocycles. The minimum atomic E-state index is -0.329. The van der Waals surface area contributed by atoms with Gasteiger partial charge >= 0.3 is 0 Å². The Morgan fingerprint density at radius 1 is 1.17 bits per heavy atom. The zero-order valence-corrected chi connectivity index (χ0v) is 21.0. The van der Waals surface area contributed by atoms with Crippen molar-refractivity contribution in [3.05, 3.63) is 83.7 Å². The summed E-state index contributed by atoms with van der Waals surface area (Å²) in [6, 6.07) is 16.3. The second-order valence-corrected chi connectivity index (χ2v) is 10.3. The fraction of sp³-hybridized carbons (Fsp3) is 0.345. The molecule has 6 nitrogen and oxygen atoms in total. The van der Waals surface area contributed by atoms with Gasteiger partial charge in [-0.2, -0.15) is 0 Å². The number of pyridine rings is 1. The SMILES string of the molecule is C=C[C@@H]1CC2[C@H]1CCN2[C@H](C)[C@H](Oc1nnc(Cl)c2ccccc12)c1ccnc2ccc(CO)cc12. The van der Waals surface area contributed by atoms with Gasteiger partial charge in [0.2, 0.25) is 5.88 Å². The highest BCUT2D eigenvalue weighted by Crippen LogP contribution is 2.48. The van der Waals surface area contributed by atoms with Gasteiger partial charge in [-0.05, 0) is 68.0 Å². The average Bonchev–Trinajstić information content (AvgIpc) is 3.24. The van der Waals surface area contributed by atoms with Crippen LogP contribution in [-0.4, -0.2) is 43.8 Å². The maximum atomic E-state index is 9.81. The zero-order chi connectivity index (χ0) is 24.8. The molecule has 1 saturated heterocycles. The van der Waals surface area contributed by atoms with Crippen LogP contribution in [-0.2, 0) is 6.61 Å². The molecule has 2 aromatic carbocycles. The predicted molar refractivity (Wildman–Crippen MR) is 142 cm³/mol. The van der Waals surface area contributed by atoms with Crippen LogP contribution >= 0.6 is 11.6 Å². The molecular formula is C29H29ClN4O2. The van der Waals surface area contributed by atoms with Gasteiger partial charge in [0.1, 0.15) is 6.10 Å². The van der Waals surface area contributed by atoms with Crippen molar-refractivity contribution < 1.29 is 9.84 Å². The molecule has 1 saturated carbocycles. The van der Waals surface area contributed by atoms with Crippen LogP contribution < -0.4 is 4.74 Å². The molecule has 2 fully saturated rings. The monoisotopic (exact) mass is 500 g/mol. The van der Waals surface area contributed by atoms with E-state index < -0.39 is 0 Å². The van der Waals surface area contributed by atoms with E-state index in [1.807, 2.05) is 54.7 Å². The summed E-state index contributed by atoms with van der Waals surface area (Å²) >= 11 is 6.35. The second-order valence-electron chi connectivity index (χ2n) is 9.92. The van der Waals surface area contributed by atoms with Gasteiger partial charge < -0.3 is 9.84 Å². The first-order valence-corrected chi connectivity index (χ1v) is 12.9. The summed E-state index contributed by atoms with van der Waals surface area (Å²) < 4.78 is 6.80. The third-order valence-electron chi connectivity index (χ3n) is 8.14. The van der Waals surface area contributed by atoms with E-state index in [4.69, 9.17) is 16.3 Å². The number of aliphatic hydroxyl groups excluding tert-OH is 1. The van der Waals surface area contributed by atoms with E-state index in [0.29, 0.717) is 28.9 Å². The average molecular weight is 501 g/mol. The number of hydrogen-bond donors (Lipinski definition) is 1. The lowest BCUT2D eigenvalue weighted by Crippen LogP contribution is -2.50. The summed E-state index contributed by atoms with van der Waals surface area (Å²) in [5.74, 6) is 1.73. The van der Waals surface area contributed by atoms with Gasteiger partial charge in [-0.1, -0.05) is 41.9 Å². The van der Waals surface area contributed by atoms with E-state index in [-0.39, 0.29) is 18.8 Å². The first-order valence-electron chi connectivity index (χ1n) is 12.5. The molecule has 4 aromatic rings. The number of allylic oxidation sites excluding steroid dienone is 1. The van der Waals surface area contributed by atoms with Crippen LogP contribution in [0, 0.1) is 11.8 Å². The fourth-order valence-corrected chi connectivity index (χ4v) is 6.36. The van der Waals surface area contributed by atoms with Crippen LogP contribution in [0.1, 0.15) is 37.0 Å². The summed E-state index contributed by atoms with van der Waals surface area (Å²) in [7, 11) is 0. The molecule has 2 aliphatic rings. The first kappa shape index (κ1) is 23.3. The Balaban J connectivity index is 1.45. The van der Waals surface area contributed by atoms with Gasteiger partial charge in [-0.3, -0.25) is 9.88 Å². The molecule has 0 radical (unpaired) electrons. The van der Waals surface area contributed by atoms with E-state index in [1.165, 1.54) is 6.42 Å².